The molecule has 0 saturated carbocycles. The molecule has 1 atom stereocenters. The fraction of sp³-hybridized carbons (Fsp3) is 0.263. The van der Waals surface area contributed by atoms with E-state index in [9.17, 15) is 14.7 Å². The van der Waals surface area contributed by atoms with E-state index in [2.05, 4.69) is 12.6 Å². The molecule has 0 bridgehead atoms. The molecule has 0 aromatic heterocycles. The standard InChI is InChI=1S/C19H21NO4S/c1-24-17-9-7-16(8-10-17)20(12-18(21)22)19(23)15(13-25)11-14-5-3-2-4-6-14/h2-10,15,25H,11-13H2,1H3,(H,21,22). The minimum absolute atomic E-state index is 0.258. The van der Waals surface area contributed by atoms with Gasteiger partial charge in [0.25, 0.3) is 0 Å². The molecule has 0 spiro atoms. The van der Waals surface area contributed by atoms with Gasteiger partial charge in [-0.25, -0.2) is 0 Å². The second kappa shape index (κ2) is 9.13. The number of ether oxygens (including phenoxy) is 1. The zero-order valence-electron chi connectivity index (χ0n) is 14.0. The number of amides is 1. The van der Waals surface area contributed by atoms with E-state index in [0.717, 1.165) is 5.56 Å². The van der Waals surface area contributed by atoms with Crippen molar-refractivity contribution in [3.63, 3.8) is 0 Å². The number of carbonyl (C=O) groups is 2. The van der Waals surface area contributed by atoms with Crippen molar-refractivity contribution >= 4 is 30.2 Å². The first-order chi connectivity index (χ1) is 12.0. The van der Waals surface area contributed by atoms with Crippen LogP contribution >= 0.6 is 12.6 Å². The van der Waals surface area contributed by atoms with Crippen LogP contribution in [0, 0.1) is 5.92 Å². The molecule has 2 rings (SSSR count). The van der Waals surface area contributed by atoms with Crippen LogP contribution < -0.4 is 9.64 Å². The lowest BCUT2D eigenvalue weighted by Gasteiger charge is -2.25. The molecule has 0 radical (unpaired) electrons. The highest BCUT2D eigenvalue weighted by atomic mass is 32.1. The lowest BCUT2D eigenvalue weighted by Crippen LogP contribution is -2.41. The molecule has 0 saturated heterocycles. The van der Waals surface area contributed by atoms with Gasteiger partial charge in [0.15, 0.2) is 0 Å². The minimum Gasteiger partial charge on any atom is -0.497 e. The van der Waals surface area contributed by atoms with Crippen LogP contribution in [0.25, 0.3) is 0 Å². The van der Waals surface area contributed by atoms with Crippen molar-refractivity contribution in [2.24, 2.45) is 5.92 Å². The Kier molecular flexibility index (Phi) is 6.89. The number of methoxy groups -OCH3 is 1. The monoisotopic (exact) mass is 359 g/mol. The first kappa shape index (κ1) is 18.9. The van der Waals surface area contributed by atoms with Crippen LogP contribution in [-0.4, -0.2) is 36.4 Å². The molecule has 5 nitrogen and oxygen atoms in total. The Bertz CT molecular complexity index is 703. The third kappa shape index (κ3) is 5.26. The molecule has 2 aromatic carbocycles. The molecule has 0 aliphatic carbocycles. The van der Waals surface area contributed by atoms with Crippen molar-refractivity contribution in [1.82, 2.24) is 0 Å². The number of nitrogens with zero attached hydrogens (tertiary/aromatic N) is 1. The van der Waals surface area contributed by atoms with Gasteiger partial charge in [0.1, 0.15) is 12.3 Å². The van der Waals surface area contributed by atoms with Gasteiger partial charge in [0.05, 0.1) is 13.0 Å². The molecule has 25 heavy (non-hydrogen) atoms. The predicted octanol–water partition coefficient (Wildman–Crippen LogP) is 2.90. The Morgan fingerprint density at radius 1 is 1.12 bits per heavy atom. The fourth-order valence-corrected chi connectivity index (χ4v) is 2.83. The Morgan fingerprint density at radius 3 is 2.28 bits per heavy atom. The summed E-state index contributed by atoms with van der Waals surface area (Å²) in [4.78, 5) is 25.5. The maximum atomic E-state index is 13.0. The van der Waals surface area contributed by atoms with Gasteiger partial charge in [-0.05, 0) is 36.2 Å². The summed E-state index contributed by atoms with van der Waals surface area (Å²) in [6.45, 7) is -0.399. The number of benzene rings is 2. The smallest absolute Gasteiger partial charge is 0.323 e. The van der Waals surface area contributed by atoms with Crippen LogP contribution in [0.1, 0.15) is 5.56 Å². The van der Waals surface area contributed by atoms with Crippen molar-refractivity contribution in [2.45, 2.75) is 6.42 Å². The third-order valence-electron chi connectivity index (χ3n) is 3.84. The number of hydrogen-bond acceptors (Lipinski definition) is 4. The van der Waals surface area contributed by atoms with Crippen molar-refractivity contribution in [2.75, 3.05) is 24.3 Å². The fourth-order valence-electron chi connectivity index (χ4n) is 2.54. The summed E-state index contributed by atoms with van der Waals surface area (Å²) in [5, 5.41) is 9.20. The average molecular weight is 359 g/mol. The lowest BCUT2D eigenvalue weighted by atomic mass is 9.99. The number of carbonyl (C=O) groups excluding carboxylic acids is 1. The van der Waals surface area contributed by atoms with Crippen LogP contribution in [-0.2, 0) is 16.0 Å². The molecule has 0 fully saturated rings. The molecule has 1 amide bonds. The highest BCUT2D eigenvalue weighted by Crippen LogP contribution is 2.22. The number of aliphatic carboxylic acids is 1. The Morgan fingerprint density at radius 2 is 1.76 bits per heavy atom. The largest absolute Gasteiger partial charge is 0.497 e. The van der Waals surface area contributed by atoms with Crippen molar-refractivity contribution in [1.29, 1.82) is 0 Å². The van der Waals surface area contributed by atoms with Gasteiger partial charge < -0.3 is 14.7 Å². The van der Waals surface area contributed by atoms with Crippen molar-refractivity contribution in [3.8, 4) is 5.75 Å². The second-order valence-corrected chi connectivity index (χ2v) is 5.95. The van der Waals surface area contributed by atoms with Gasteiger partial charge in [-0.1, -0.05) is 30.3 Å². The Balaban J connectivity index is 2.24. The maximum Gasteiger partial charge on any atom is 0.323 e. The summed E-state index contributed by atoms with van der Waals surface area (Å²) < 4.78 is 5.11. The van der Waals surface area contributed by atoms with E-state index < -0.39 is 18.4 Å². The molecule has 1 unspecified atom stereocenters. The van der Waals surface area contributed by atoms with Gasteiger partial charge in [-0.15, -0.1) is 0 Å². The summed E-state index contributed by atoms with van der Waals surface area (Å²) in [5.41, 5.74) is 1.54. The van der Waals surface area contributed by atoms with E-state index in [-0.39, 0.29) is 5.91 Å². The average Bonchev–Trinajstić information content (AvgIpc) is 2.64. The molecule has 132 valence electrons. The van der Waals surface area contributed by atoms with Crippen LogP contribution in [0.3, 0.4) is 0 Å². The molecule has 0 aliphatic rings. The zero-order chi connectivity index (χ0) is 18.2. The van der Waals surface area contributed by atoms with E-state index in [1.165, 1.54) is 4.90 Å². The SMILES string of the molecule is COc1ccc(N(CC(=O)O)C(=O)C(CS)Cc2ccccc2)cc1. The van der Waals surface area contributed by atoms with Crippen LogP contribution in [0.2, 0.25) is 0 Å². The Labute approximate surface area is 152 Å². The van der Waals surface area contributed by atoms with Crippen LogP contribution in [0.5, 0.6) is 5.75 Å². The molecule has 0 aliphatic heterocycles. The zero-order valence-corrected chi connectivity index (χ0v) is 14.9. The summed E-state index contributed by atoms with van der Waals surface area (Å²) in [5.74, 6) is -0.762. The van der Waals surface area contributed by atoms with Gasteiger partial charge in [-0.2, -0.15) is 12.6 Å². The molecule has 0 heterocycles. The van der Waals surface area contributed by atoms with E-state index in [1.807, 2.05) is 30.3 Å². The summed E-state index contributed by atoms with van der Waals surface area (Å²) in [6.07, 6.45) is 0.509. The quantitative estimate of drug-likeness (QED) is 0.711. The highest BCUT2D eigenvalue weighted by Gasteiger charge is 2.26. The highest BCUT2D eigenvalue weighted by molar-refractivity contribution is 7.80. The summed E-state index contributed by atoms with van der Waals surface area (Å²) in [6, 6.07) is 16.4. The molecule has 2 aromatic rings. The number of carboxylic acid groups (broad SMARTS) is 1. The van der Waals surface area contributed by atoms with E-state index >= 15 is 0 Å². The van der Waals surface area contributed by atoms with E-state index in [4.69, 9.17) is 4.74 Å². The molecular weight excluding hydrogens is 338 g/mol. The maximum absolute atomic E-state index is 13.0. The third-order valence-corrected chi connectivity index (χ3v) is 4.28. The molecule has 6 heteroatoms. The number of rotatable bonds is 8. The van der Waals surface area contributed by atoms with Crippen LogP contribution in [0.15, 0.2) is 54.6 Å². The lowest BCUT2D eigenvalue weighted by molar-refractivity contribution is -0.137. The van der Waals surface area contributed by atoms with Crippen molar-refractivity contribution in [3.05, 3.63) is 60.2 Å². The normalized spacial score (nSPS) is 11.6. The first-order valence-electron chi connectivity index (χ1n) is 7.87. The predicted molar refractivity (Wildman–Crippen MR) is 100 cm³/mol. The number of carboxylic acids is 1. The van der Waals surface area contributed by atoms with Gasteiger partial charge >= 0.3 is 5.97 Å². The van der Waals surface area contributed by atoms with Crippen molar-refractivity contribution < 1.29 is 19.4 Å². The number of anilines is 1. The van der Waals surface area contributed by atoms with Crippen LogP contribution in [0.4, 0.5) is 5.69 Å². The number of thiol groups is 1. The minimum atomic E-state index is -1.07. The summed E-state index contributed by atoms with van der Waals surface area (Å²) >= 11 is 4.30. The number of hydrogen-bond donors (Lipinski definition) is 2. The van der Waals surface area contributed by atoms with Gasteiger partial charge in [0, 0.05) is 11.4 Å². The topological polar surface area (TPSA) is 66.8 Å². The van der Waals surface area contributed by atoms with Gasteiger partial charge in [-0.3, -0.25) is 9.59 Å². The Hall–Kier alpha value is -2.47. The second-order valence-electron chi connectivity index (χ2n) is 5.59. The molecule has 1 N–H and O–H groups in total. The van der Waals surface area contributed by atoms with Gasteiger partial charge in [0.2, 0.25) is 5.91 Å². The van der Waals surface area contributed by atoms with E-state index in [1.54, 1.807) is 31.4 Å². The summed E-state index contributed by atoms with van der Waals surface area (Å²) in [7, 11) is 1.55. The van der Waals surface area contributed by atoms with E-state index in [0.29, 0.717) is 23.6 Å². The first-order valence-corrected chi connectivity index (χ1v) is 8.50. The molecular formula is C19H21NO4S.